The van der Waals surface area contributed by atoms with E-state index in [1.165, 1.54) is 60.7 Å². The van der Waals surface area contributed by atoms with Gasteiger partial charge in [-0.1, -0.05) is 23.7 Å². The van der Waals surface area contributed by atoms with Crippen LogP contribution in [-0.2, 0) is 19.1 Å². The van der Waals surface area contributed by atoms with E-state index in [2.05, 4.69) is 0 Å². The van der Waals surface area contributed by atoms with Crippen LogP contribution >= 0.6 is 11.6 Å². The molecule has 2 aromatic carbocycles. The number of nitrogens with zero attached hydrogens (tertiary/aromatic N) is 1. The Bertz CT molecular complexity index is 1130. The topological polar surface area (TPSA) is 65.1 Å². The molecule has 9 heteroatoms. The molecule has 0 saturated heterocycles. The highest BCUT2D eigenvalue weighted by Crippen LogP contribution is 2.33. The zero-order valence-corrected chi connectivity index (χ0v) is 17.2. The number of benzene rings is 2. The Labute approximate surface area is 181 Å². The maximum Gasteiger partial charge on any atom is 0.355 e. The molecular formula is C22H16ClF2NO5. The van der Waals surface area contributed by atoms with Crippen molar-refractivity contribution < 1.29 is 32.6 Å². The fraction of sp³-hybridized carbons (Fsp3) is 0.0909. The molecule has 3 rings (SSSR count). The molecule has 0 saturated carbocycles. The number of anilines is 1. The minimum absolute atomic E-state index is 0.0823. The summed E-state index contributed by atoms with van der Waals surface area (Å²) in [5.74, 6) is -3.79. The normalized spacial score (nSPS) is 13.1. The second-order valence-corrected chi connectivity index (χ2v) is 6.49. The molecule has 0 aromatic heterocycles. The van der Waals surface area contributed by atoms with Crippen LogP contribution < -0.4 is 9.64 Å². The van der Waals surface area contributed by atoms with Crippen molar-refractivity contribution in [2.45, 2.75) is 0 Å². The Morgan fingerprint density at radius 1 is 0.968 bits per heavy atom. The molecule has 31 heavy (non-hydrogen) atoms. The maximum atomic E-state index is 14.8. The van der Waals surface area contributed by atoms with Crippen molar-refractivity contribution in [2.75, 3.05) is 19.1 Å². The molecule has 1 aliphatic heterocycles. The first-order valence-electron chi connectivity index (χ1n) is 8.83. The number of hydrogen-bond acceptors (Lipinski definition) is 6. The average molecular weight is 448 g/mol. The van der Waals surface area contributed by atoms with E-state index in [-0.39, 0.29) is 33.5 Å². The third-order valence-corrected chi connectivity index (χ3v) is 4.51. The molecule has 0 radical (unpaired) electrons. The number of ether oxygens (including phenoxy) is 3. The summed E-state index contributed by atoms with van der Waals surface area (Å²) >= 11 is 5.72. The van der Waals surface area contributed by atoms with Gasteiger partial charge in [0, 0.05) is 18.0 Å². The van der Waals surface area contributed by atoms with Crippen molar-refractivity contribution in [1.82, 2.24) is 0 Å². The molecular weight excluding hydrogens is 432 g/mol. The summed E-state index contributed by atoms with van der Waals surface area (Å²) in [5.41, 5.74) is -0.0763. The van der Waals surface area contributed by atoms with Gasteiger partial charge >= 0.3 is 11.9 Å². The summed E-state index contributed by atoms with van der Waals surface area (Å²) < 4.78 is 43.7. The molecule has 2 aromatic rings. The van der Waals surface area contributed by atoms with Crippen LogP contribution in [0.25, 0.3) is 0 Å². The van der Waals surface area contributed by atoms with Gasteiger partial charge in [0.05, 0.1) is 24.8 Å². The second-order valence-electron chi connectivity index (χ2n) is 6.08. The maximum absolute atomic E-state index is 14.8. The van der Waals surface area contributed by atoms with E-state index in [9.17, 15) is 18.4 Å². The van der Waals surface area contributed by atoms with Gasteiger partial charge in [0.1, 0.15) is 5.70 Å². The third-order valence-electron chi connectivity index (χ3n) is 4.22. The Morgan fingerprint density at radius 2 is 1.71 bits per heavy atom. The van der Waals surface area contributed by atoms with Crippen LogP contribution in [0.3, 0.4) is 0 Å². The molecule has 6 nitrogen and oxygen atoms in total. The van der Waals surface area contributed by atoms with E-state index in [4.69, 9.17) is 25.8 Å². The number of methoxy groups -OCH3 is 2. The molecule has 0 fully saturated rings. The highest BCUT2D eigenvalue weighted by atomic mass is 35.5. The van der Waals surface area contributed by atoms with E-state index in [1.807, 2.05) is 0 Å². The number of halogens is 3. The molecule has 0 spiro atoms. The Balaban J connectivity index is 2.03. The van der Waals surface area contributed by atoms with Crippen molar-refractivity contribution >= 4 is 29.2 Å². The van der Waals surface area contributed by atoms with Crippen molar-refractivity contribution in [2.24, 2.45) is 0 Å². The van der Waals surface area contributed by atoms with Crippen LogP contribution in [0.15, 0.2) is 72.1 Å². The first kappa shape index (κ1) is 22.0. The highest BCUT2D eigenvalue weighted by Gasteiger charge is 2.28. The fourth-order valence-electron chi connectivity index (χ4n) is 2.77. The van der Waals surface area contributed by atoms with Crippen LogP contribution in [0.1, 0.15) is 0 Å². The van der Waals surface area contributed by atoms with Crippen LogP contribution in [0.5, 0.6) is 11.5 Å². The summed E-state index contributed by atoms with van der Waals surface area (Å²) in [5, 5.41) is -0.167. The molecule has 1 aliphatic rings. The van der Waals surface area contributed by atoms with Gasteiger partial charge in [-0.05, 0) is 36.4 Å². The lowest BCUT2D eigenvalue weighted by atomic mass is 10.1. The van der Waals surface area contributed by atoms with Crippen LogP contribution in [0, 0.1) is 11.6 Å². The lowest BCUT2D eigenvalue weighted by molar-refractivity contribution is -0.139. The number of rotatable bonds is 5. The molecule has 0 bridgehead atoms. The average Bonchev–Trinajstić information content (AvgIpc) is 3.00. The lowest BCUT2D eigenvalue weighted by Crippen LogP contribution is -2.27. The number of carbonyl (C=O) groups is 2. The summed E-state index contributed by atoms with van der Waals surface area (Å²) in [6.07, 6.45) is 5.89. The van der Waals surface area contributed by atoms with Gasteiger partial charge in [-0.25, -0.2) is 18.4 Å². The van der Waals surface area contributed by atoms with Gasteiger partial charge in [-0.3, -0.25) is 0 Å². The predicted molar refractivity (Wildman–Crippen MR) is 110 cm³/mol. The monoisotopic (exact) mass is 447 g/mol. The number of allylic oxidation sites excluding steroid dienone is 2. The summed E-state index contributed by atoms with van der Waals surface area (Å²) in [7, 11) is 2.32. The minimum atomic E-state index is -0.841. The molecule has 0 amide bonds. The predicted octanol–water partition coefficient (Wildman–Crippen LogP) is 4.90. The number of carbonyl (C=O) groups excluding carboxylic acids is 2. The van der Waals surface area contributed by atoms with E-state index >= 15 is 0 Å². The zero-order valence-electron chi connectivity index (χ0n) is 16.4. The summed E-state index contributed by atoms with van der Waals surface area (Å²) in [4.78, 5) is 25.9. The van der Waals surface area contributed by atoms with Gasteiger partial charge in [0.15, 0.2) is 23.1 Å². The first-order chi connectivity index (χ1) is 14.9. The first-order valence-corrected chi connectivity index (χ1v) is 9.21. The van der Waals surface area contributed by atoms with Crippen LogP contribution in [0.2, 0.25) is 5.02 Å². The Morgan fingerprint density at radius 3 is 2.39 bits per heavy atom. The van der Waals surface area contributed by atoms with Gasteiger partial charge in [0.2, 0.25) is 0 Å². The largest absolute Gasteiger partial charge is 0.465 e. The van der Waals surface area contributed by atoms with E-state index in [1.54, 1.807) is 6.08 Å². The second kappa shape index (κ2) is 9.44. The SMILES string of the molecule is COC(=O)C1=C(C(=O)OC)N(c2ccc(Oc3cccc(Cl)c3F)c(F)c2)C=CC=C1. The standard InChI is InChI=1S/C22H16ClF2NO5/c1-29-21(27)14-6-3-4-11-26(20(14)22(28)30-2)13-9-10-17(16(24)12-13)31-18-8-5-7-15(23)19(18)25/h3-12H,1-2H3. The Kier molecular flexibility index (Phi) is 6.71. The van der Waals surface area contributed by atoms with E-state index < -0.39 is 23.6 Å². The molecule has 0 unspecified atom stereocenters. The lowest BCUT2D eigenvalue weighted by Gasteiger charge is -2.23. The van der Waals surface area contributed by atoms with Crippen molar-refractivity contribution in [3.63, 3.8) is 0 Å². The fourth-order valence-corrected chi connectivity index (χ4v) is 2.94. The van der Waals surface area contributed by atoms with Crippen molar-refractivity contribution in [1.29, 1.82) is 0 Å². The van der Waals surface area contributed by atoms with E-state index in [0.717, 1.165) is 13.2 Å². The molecule has 160 valence electrons. The smallest absolute Gasteiger partial charge is 0.355 e. The van der Waals surface area contributed by atoms with Gasteiger partial charge in [-0.2, -0.15) is 0 Å². The Hall–Kier alpha value is -3.65. The van der Waals surface area contributed by atoms with Gasteiger partial charge in [-0.15, -0.1) is 0 Å². The van der Waals surface area contributed by atoms with Crippen molar-refractivity contribution in [3.8, 4) is 11.5 Å². The minimum Gasteiger partial charge on any atom is -0.465 e. The number of hydrogen-bond donors (Lipinski definition) is 0. The highest BCUT2D eigenvalue weighted by molar-refractivity contribution is 6.30. The van der Waals surface area contributed by atoms with Crippen LogP contribution in [-0.4, -0.2) is 26.2 Å². The van der Waals surface area contributed by atoms with Gasteiger partial charge < -0.3 is 19.1 Å². The zero-order chi connectivity index (χ0) is 22.5. The van der Waals surface area contributed by atoms with Gasteiger partial charge in [0.25, 0.3) is 0 Å². The quantitative estimate of drug-likeness (QED) is 0.607. The van der Waals surface area contributed by atoms with E-state index in [0.29, 0.717) is 0 Å². The molecule has 0 atom stereocenters. The van der Waals surface area contributed by atoms with Crippen molar-refractivity contribution in [3.05, 3.63) is 88.8 Å². The van der Waals surface area contributed by atoms with Crippen LogP contribution in [0.4, 0.5) is 14.5 Å². The third kappa shape index (κ3) is 4.59. The summed E-state index contributed by atoms with van der Waals surface area (Å²) in [6, 6.07) is 7.84. The molecule has 1 heterocycles. The number of esters is 2. The molecule has 0 N–H and O–H groups in total. The molecule has 0 aliphatic carbocycles. The summed E-state index contributed by atoms with van der Waals surface area (Å²) in [6.45, 7) is 0.